The summed E-state index contributed by atoms with van der Waals surface area (Å²) in [6, 6.07) is 7.32. The van der Waals surface area contributed by atoms with E-state index in [0.29, 0.717) is 11.6 Å². The number of rotatable bonds is 5. The molecule has 0 radical (unpaired) electrons. The van der Waals surface area contributed by atoms with Gasteiger partial charge in [0.25, 0.3) is 5.91 Å². The summed E-state index contributed by atoms with van der Waals surface area (Å²) in [7, 11) is 0. The second-order valence-electron chi connectivity index (χ2n) is 6.69. The van der Waals surface area contributed by atoms with Crippen LogP contribution in [0.1, 0.15) is 41.6 Å². The van der Waals surface area contributed by atoms with Gasteiger partial charge in [0, 0.05) is 11.6 Å². The third-order valence-corrected chi connectivity index (χ3v) is 4.66. The fourth-order valence-electron chi connectivity index (χ4n) is 3.02. The number of carbonyl (C=O) groups is 2. The number of aryl methyl sites for hydroxylation is 1. The molecule has 1 heterocycles. The van der Waals surface area contributed by atoms with Crippen molar-refractivity contribution in [3.63, 3.8) is 0 Å². The summed E-state index contributed by atoms with van der Waals surface area (Å²) in [4.78, 5) is 25.1. The maximum atomic E-state index is 12.6. The van der Waals surface area contributed by atoms with Crippen LogP contribution in [0.15, 0.2) is 24.3 Å². The Hall–Kier alpha value is -1.88. The van der Waals surface area contributed by atoms with Gasteiger partial charge in [0.15, 0.2) is 0 Å². The second kappa shape index (κ2) is 7.13. The summed E-state index contributed by atoms with van der Waals surface area (Å²) in [5.74, 6) is 0.00346. The van der Waals surface area contributed by atoms with Gasteiger partial charge in [0.05, 0.1) is 0 Å². The molecule has 1 saturated heterocycles. The summed E-state index contributed by atoms with van der Waals surface area (Å²) in [5, 5.41) is 9.33. The predicted molar refractivity (Wildman–Crippen MR) is 89.2 cm³/mol. The predicted octanol–water partition coefficient (Wildman–Crippen LogP) is 1.37. The van der Waals surface area contributed by atoms with Crippen molar-refractivity contribution in [2.24, 2.45) is 5.92 Å². The Balaban J connectivity index is 1.69. The third kappa shape index (κ3) is 4.32. The van der Waals surface area contributed by atoms with E-state index in [9.17, 15) is 9.59 Å². The first-order valence-electron chi connectivity index (χ1n) is 8.52. The summed E-state index contributed by atoms with van der Waals surface area (Å²) in [6.07, 6.45) is 3.93. The average molecular weight is 315 g/mol. The standard InChI is InChI=1S/C18H25N3O2/c1-12-2-4-14(5-3-12)17(22)21-16(13-8-10-19-11-9-13)18(23)20-15-6-7-15/h2-5,13,15-16,19H,6-11H2,1H3,(H,20,23)(H,21,22). The maximum Gasteiger partial charge on any atom is 0.251 e. The van der Waals surface area contributed by atoms with Gasteiger partial charge in [-0.25, -0.2) is 0 Å². The minimum absolute atomic E-state index is 0.0279. The molecule has 0 bridgehead atoms. The Labute approximate surface area is 137 Å². The molecule has 1 aromatic carbocycles. The van der Waals surface area contributed by atoms with Crippen molar-refractivity contribution in [2.75, 3.05) is 13.1 Å². The first-order valence-corrected chi connectivity index (χ1v) is 8.52. The molecule has 1 atom stereocenters. The monoisotopic (exact) mass is 315 g/mol. The average Bonchev–Trinajstić information content (AvgIpc) is 3.37. The Kier molecular flexibility index (Phi) is 4.96. The Bertz CT molecular complexity index is 560. The fraction of sp³-hybridized carbons (Fsp3) is 0.556. The van der Waals surface area contributed by atoms with Crippen LogP contribution < -0.4 is 16.0 Å². The zero-order chi connectivity index (χ0) is 16.2. The highest BCUT2D eigenvalue weighted by atomic mass is 16.2. The molecule has 124 valence electrons. The highest BCUT2D eigenvalue weighted by Crippen LogP contribution is 2.22. The molecule has 1 unspecified atom stereocenters. The first-order chi connectivity index (χ1) is 11.1. The second-order valence-corrected chi connectivity index (χ2v) is 6.69. The van der Waals surface area contributed by atoms with Gasteiger partial charge in [-0.3, -0.25) is 9.59 Å². The van der Waals surface area contributed by atoms with E-state index in [4.69, 9.17) is 0 Å². The van der Waals surface area contributed by atoms with Crippen molar-refractivity contribution in [1.82, 2.24) is 16.0 Å². The number of amides is 2. The number of hydrogen-bond acceptors (Lipinski definition) is 3. The molecule has 5 nitrogen and oxygen atoms in total. The maximum absolute atomic E-state index is 12.6. The molecular formula is C18H25N3O2. The van der Waals surface area contributed by atoms with Gasteiger partial charge in [-0.1, -0.05) is 17.7 Å². The van der Waals surface area contributed by atoms with Crippen LogP contribution in [0.2, 0.25) is 0 Å². The van der Waals surface area contributed by atoms with Crippen LogP contribution in [0.5, 0.6) is 0 Å². The number of piperidine rings is 1. The van der Waals surface area contributed by atoms with Crippen LogP contribution in [0.3, 0.4) is 0 Å². The Morgan fingerprint density at radius 2 is 1.74 bits per heavy atom. The molecule has 3 rings (SSSR count). The summed E-state index contributed by atoms with van der Waals surface area (Å²) in [6.45, 7) is 3.79. The van der Waals surface area contributed by atoms with Gasteiger partial charge < -0.3 is 16.0 Å². The van der Waals surface area contributed by atoms with Crippen molar-refractivity contribution >= 4 is 11.8 Å². The van der Waals surface area contributed by atoms with Crippen LogP contribution >= 0.6 is 0 Å². The molecule has 0 spiro atoms. The molecule has 23 heavy (non-hydrogen) atoms. The molecule has 2 fully saturated rings. The number of hydrogen-bond donors (Lipinski definition) is 3. The number of benzene rings is 1. The smallest absolute Gasteiger partial charge is 0.251 e. The summed E-state index contributed by atoms with van der Waals surface area (Å²) >= 11 is 0. The normalized spacial score (nSPS) is 19.9. The lowest BCUT2D eigenvalue weighted by Crippen LogP contribution is -2.53. The van der Waals surface area contributed by atoms with Crippen molar-refractivity contribution in [3.8, 4) is 0 Å². The van der Waals surface area contributed by atoms with Crippen LogP contribution in [0.4, 0.5) is 0 Å². The molecule has 1 aliphatic heterocycles. The third-order valence-electron chi connectivity index (χ3n) is 4.66. The SMILES string of the molecule is Cc1ccc(C(=O)NC(C(=O)NC2CC2)C2CCNCC2)cc1. The molecule has 1 saturated carbocycles. The van der Waals surface area contributed by atoms with Gasteiger partial charge in [0.1, 0.15) is 6.04 Å². The molecule has 5 heteroatoms. The van der Waals surface area contributed by atoms with Crippen LogP contribution in [0, 0.1) is 12.8 Å². The van der Waals surface area contributed by atoms with Crippen molar-refractivity contribution in [1.29, 1.82) is 0 Å². The number of nitrogens with one attached hydrogen (secondary N) is 3. The lowest BCUT2D eigenvalue weighted by molar-refractivity contribution is -0.124. The lowest BCUT2D eigenvalue weighted by Gasteiger charge is -2.30. The molecule has 2 amide bonds. The Morgan fingerprint density at radius 3 is 2.35 bits per heavy atom. The van der Waals surface area contributed by atoms with Crippen LogP contribution in [-0.2, 0) is 4.79 Å². The van der Waals surface area contributed by atoms with Gasteiger partial charge in [-0.05, 0) is 63.7 Å². The number of carbonyl (C=O) groups excluding carboxylic acids is 2. The largest absolute Gasteiger partial charge is 0.352 e. The summed E-state index contributed by atoms with van der Waals surface area (Å²) < 4.78 is 0. The van der Waals surface area contributed by atoms with Gasteiger partial charge in [-0.15, -0.1) is 0 Å². The van der Waals surface area contributed by atoms with Crippen molar-refractivity contribution in [3.05, 3.63) is 35.4 Å². The van der Waals surface area contributed by atoms with E-state index in [-0.39, 0.29) is 17.7 Å². The molecule has 0 aromatic heterocycles. The quantitative estimate of drug-likeness (QED) is 0.768. The van der Waals surface area contributed by atoms with Gasteiger partial charge >= 0.3 is 0 Å². The molecule has 1 aromatic rings. The minimum atomic E-state index is -0.438. The zero-order valence-corrected chi connectivity index (χ0v) is 13.6. The lowest BCUT2D eigenvalue weighted by atomic mass is 9.89. The van der Waals surface area contributed by atoms with E-state index in [1.807, 2.05) is 31.2 Å². The fourth-order valence-corrected chi connectivity index (χ4v) is 3.02. The highest BCUT2D eigenvalue weighted by Gasteiger charge is 2.34. The van der Waals surface area contributed by atoms with E-state index in [1.54, 1.807) is 0 Å². The van der Waals surface area contributed by atoms with E-state index in [1.165, 1.54) is 0 Å². The van der Waals surface area contributed by atoms with Crippen LogP contribution in [0.25, 0.3) is 0 Å². The van der Waals surface area contributed by atoms with E-state index < -0.39 is 6.04 Å². The molecule has 2 aliphatic rings. The summed E-state index contributed by atoms with van der Waals surface area (Å²) in [5.41, 5.74) is 1.72. The van der Waals surface area contributed by atoms with Crippen LogP contribution in [-0.4, -0.2) is 37.0 Å². The molecular weight excluding hydrogens is 290 g/mol. The topological polar surface area (TPSA) is 70.2 Å². The van der Waals surface area contributed by atoms with E-state index in [0.717, 1.165) is 44.3 Å². The van der Waals surface area contributed by atoms with E-state index >= 15 is 0 Å². The van der Waals surface area contributed by atoms with E-state index in [2.05, 4.69) is 16.0 Å². The Morgan fingerprint density at radius 1 is 1.09 bits per heavy atom. The molecule has 3 N–H and O–H groups in total. The first kappa shape index (κ1) is 16.0. The van der Waals surface area contributed by atoms with Gasteiger partial charge in [0.2, 0.25) is 5.91 Å². The van der Waals surface area contributed by atoms with Crippen molar-refractivity contribution < 1.29 is 9.59 Å². The minimum Gasteiger partial charge on any atom is -0.352 e. The van der Waals surface area contributed by atoms with Crippen molar-refractivity contribution in [2.45, 2.75) is 44.7 Å². The molecule has 1 aliphatic carbocycles. The van der Waals surface area contributed by atoms with Gasteiger partial charge in [-0.2, -0.15) is 0 Å². The zero-order valence-electron chi connectivity index (χ0n) is 13.6. The highest BCUT2D eigenvalue weighted by molar-refractivity contribution is 5.97.